The van der Waals surface area contributed by atoms with Crippen molar-refractivity contribution < 1.29 is 5.11 Å². The zero-order valence-electron chi connectivity index (χ0n) is 10.5. The van der Waals surface area contributed by atoms with E-state index < -0.39 is 5.60 Å². The van der Waals surface area contributed by atoms with Crippen LogP contribution in [-0.2, 0) is 12.1 Å². The van der Waals surface area contributed by atoms with Gasteiger partial charge in [-0.1, -0.05) is 20.8 Å². The second kappa shape index (κ2) is 3.88. The quantitative estimate of drug-likeness (QED) is 0.854. The summed E-state index contributed by atoms with van der Waals surface area (Å²) in [5, 5.41) is 15.0. The summed E-state index contributed by atoms with van der Waals surface area (Å²) in [6.07, 6.45) is 5.63. The molecule has 16 heavy (non-hydrogen) atoms. The molecule has 0 bridgehead atoms. The van der Waals surface area contributed by atoms with Gasteiger partial charge >= 0.3 is 0 Å². The van der Waals surface area contributed by atoms with Crippen molar-refractivity contribution in [1.82, 2.24) is 9.78 Å². The normalized spacial score (nSPS) is 28.5. The highest BCUT2D eigenvalue weighted by molar-refractivity contribution is 5.15. The van der Waals surface area contributed by atoms with E-state index in [9.17, 15) is 5.11 Å². The molecule has 3 nitrogen and oxygen atoms in total. The highest BCUT2D eigenvalue weighted by atomic mass is 16.3. The van der Waals surface area contributed by atoms with Crippen LogP contribution in [-0.4, -0.2) is 14.9 Å². The molecule has 90 valence electrons. The molecular formula is C13H22N2O. The lowest BCUT2D eigenvalue weighted by atomic mass is 9.88. The van der Waals surface area contributed by atoms with Crippen LogP contribution in [0.4, 0.5) is 0 Å². The third-order valence-electron chi connectivity index (χ3n) is 3.62. The molecule has 1 fully saturated rings. The Bertz CT molecular complexity index is 370. The zero-order chi connectivity index (χ0) is 11.8. The molecule has 1 aliphatic carbocycles. The van der Waals surface area contributed by atoms with Crippen molar-refractivity contribution in [3.05, 3.63) is 18.0 Å². The molecule has 0 aromatic carbocycles. The lowest BCUT2D eigenvalue weighted by Crippen LogP contribution is -2.27. The monoisotopic (exact) mass is 222 g/mol. The number of rotatable bonds is 3. The molecule has 0 radical (unpaired) electrons. The van der Waals surface area contributed by atoms with Crippen molar-refractivity contribution in [2.75, 3.05) is 0 Å². The van der Waals surface area contributed by atoms with E-state index in [1.807, 2.05) is 10.7 Å². The molecule has 1 heterocycles. The predicted molar refractivity (Wildman–Crippen MR) is 64.0 cm³/mol. The van der Waals surface area contributed by atoms with Crippen LogP contribution in [0.1, 0.15) is 52.1 Å². The van der Waals surface area contributed by atoms with Crippen molar-refractivity contribution >= 4 is 0 Å². The average molecular weight is 222 g/mol. The van der Waals surface area contributed by atoms with Gasteiger partial charge in [-0.3, -0.25) is 4.68 Å². The van der Waals surface area contributed by atoms with Gasteiger partial charge in [-0.2, -0.15) is 5.10 Å². The van der Waals surface area contributed by atoms with E-state index in [-0.39, 0.29) is 5.41 Å². The van der Waals surface area contributed by atoms with Crippen LogP contribution in [0.15, 0.2) is 12.3 Å². The Kier molecular flexibility index (Phi) is 2.82. The van der Waals surface area contributed by atoms with Gasteiger partial charge in [-0.15, -0.1) is 0 Å². The largest absolute Gasteiger partial charge is 0.384 e. The fraction of sp³-hybridized carbons (Fsp3) is 0.769. The second-order valence-electron chi connectivity index (χ2n) is 5.81. The van der Waals surface area contributed by atoms with Crippen molar-refractivity contribution in [1.29, 1.82) is 0 Å². The first-order valence-electron chi connectivity index (χ1n) is 6.21. The number of nitrogens with zero attached hydrogens (tertiary/aromatic N) is 2. The van der Waals surface area contributed by atoms with Crippen LogP contribution in [0.3, 0.4) is 0 Å². The molecule has 1 saturated carbocycles. The number of aryl methyl sites for hydroxylation is 1. The van der Waals surface area contributed by atoms with Crippen LogP contribution in [0.5, 0.6) is 0 Å². The minimum atomic E-state index is -0.658. The SMILES string of the molecule is CCCn1nccc1C1(O)CCC(C)(C)C1. The molecule has 2 rings (SSSR count). The summed E-state index contributed by atoms with van der Waals surface area (Å²) < 4.78 is 1.96. The molecule has 1 atom stereocenters. The first kappa shape index (κ1) is 11.6. The molecule has 0 aliphatic heterocycles. The summed E-state index contributed by atoms with van der Waals surface area (Å²) in [4.78, 5) is 0. The van der Waals surface area contributed by atoms with E-state index in [4.69, 9.17) is 0 Å². The standard InChI is InChI=1S/C13H22N2O/c1-4-9-15-11(5-8-14-15)13(16)7-6-12(2,3)10-13/h5,8,16H,4,6-7,9-10H2,1-3H3. The maximum absolute atomic E-state index is 10.7. The molecule has 0 amide bonds. The van der Waals surface area contributed by atoms with Gasteiger partial charge in [-0.05, 0) is 37.2 Å². The van der Waals surface area contributed by atoms with Crippen molar-refractivity contribution in [2.45, 2.75) is 58.6 Å². The zero-order valence-corrected chi connectivity index (χ0v) is 10.5. The Morgan fingerprint density at radius 1 is 1.44 bits per heavy atom. The third-order valence-corrected chi connectivity index (χ3v) is 3.62. The van der Waals surface area contributed by atoms with Crippen molar-refractivity contribution in [2.24, 2.45) is 5.41 Å². The van der Waals surface area contributed by atoms with Gasteiger partial charge in [0, 0.05) is 12.7 Å². The third kappa shape index (κ3) is 2.01. The maximum Gasteiger partial charge on any atom is 0.107 e. The Hall–Kier alpha value is -0.830. The van der Waals surface area contributed by atoms with E-state index in [1.54, 1.807) is 6.20 Å². The van der Waals surface area contributed by atoms with Crippen molar-refractivity contribution in [3.8, 4) is 0 Å². The Morgan fingerprint density at radius 2 is 2.19 bits per heavy atom. The molecule has 1 N–H and O–H groups in total. The molecule has 3 heteroatoms. The molecule has 0 spiro atoms. The Balaban J connectivity index is 2.26. The molecule has 1 aliphatic rings. The van der Waals surface area contributed by atoms with Crippen LogP contribution in [0.2, 0.25) is 0 Å². The van der Waals surface area contributed by atoms with Crippen LogP contribution in [0.25, 0.3) is 0 Å². The van der Waals surface area contributed by atoms with E-state index in [0.29, 0.717) is 0 Å². The number of hydrogen-bond acceptors (Lipinski definition) is 2. The predicted octanol–water partition coefficient (Wildman–Crippen LogP) is 2.69. The van der Waals surface area contributed by atoms with E-state index in [1.165, 1.54) is 0 Å². The van der Waals surface area contributed by atoms with Crippen LogP contribution in [0, 0.1) is 5.41 Å². The number of aromatic nitrogens is 2. The van der Waals surface area contributed by atoms with Crippen LogP contribution < -0.4 is 0 Å². The van der Waals surface area contributed by atoms with E-state index >= 15 is 0 Å². The topological polar surface area (TPSA) is 38.0 Å². The summed E-state index contributed by atoms with van der Waals surface area (Å²) in [5.74, 6) is 0. The first-order valence-corrected chi connectivity index (χ1v) is 6.21. The van der Waals surface area contributed by atoms with Gasteiger partial charge in [0.1, 0.15) is 5.60 Å². The lowest BCUT2D eigenvalue weighted by Gasteiger charge is -2.26. The summed E-state index contributed by atoms with van der Waals surface area (Å²) >= 11 is 0. The molecule has 0 saturated heterocycles. The Labute approximate surface area is 97.5 Å². The molecule has 1 unspecified atom stereocenters. The number of aliphatic hydroxyl groups is 1. The summed E-state index contributed by atoms with van der Waals surface area (Å²) in [7, 11) is 0. The fourth-order valence-electron chi connectivity index (χ4n) is 2.85. The Morgan fingerprint density at radius 3 is 2.75 bits per heavy atom. The molecule has 1 aromatic rings. The first-order chi connectivity index (χ1) is 7.47. The number of hydrogen-bond donors (Lipinski definition) is 1. The van der Waals surface area contributed by atoms with Gasteiger partial charge in [0.25, 0.3) is 0 Å². The van der Waals surface area contributed by atoms with Gasteiger partial charge in [0.15, 0.2) is 0 Å². The lowest BCUT2D eigenvalue weighted by molar-refractivity contribution is 0.0247. The summed E-state index contributed by atoms with van der Waals surface area (Å²) in [6, 6.07) is 1.97. The van der Waals surface area contributed by atoms with Gasteiger partial charge in [-0.25, -0.2) is 0 Å². The van der Waals surface area contributed by atoms with Crippen molar-refractivity contribution in [3.63, 3.8) is 0 Å². The smallest absolute Gasteiger partial charge is 0.107 e. The molecular weight excluding hydrogens is 200 g/mol. The summed E-state index contributed by atoms with van der Waals surface area (Å²) in [5.41, 5.74) is 0.588. The van der Waals surface area contributed by atoms with E-state index in [2.05, 4.69) is 25.9 Å². The molecule has 1 aromatic heterocycles. The van der Waals surface area contributed by atoms with Gasteiger partial charge < -0.3 is 5.11 Å². The van der Waals surface area contributed by atoms with E-state index in [0.717, 1.165) is 37.9 Å². The fourth-order valence-corrected chi connectivity index (χ4v) is 2.85. The minimum absolute atomic E-state index is 0.246. The maximum atomic E-state index is 10.7. The van der Waals surface area contributed by atoms with Gasteiger partial charge in [0.05, 0.1) is 5.69 Å². The highest BCUT2D eigenvalue weighted by Crippen LogP contribution is 2.48. The highest BCUT2D eigenvalue weighted by Gasteiger charge is 2.44. The second-order valence-corrected chi connectivity index (χ2v) is 5.81. The minimum Gasteiger partial charge on any atom is -0.384 e. The van der Waals surface area contributed by atoms with Gasteiger partial charge in [0.2, 0.25) is 0 Å². The summed E-state index contributed by atoms with van der Waals surface area (Å²) in [6.45, 7) is 7.48. The average Bonchev–Trinajstić information content (AvgIpc) is 2.73. The van der Waals surface area contributed by atoms with Crippen LogP contribution >= 0.6 is 0 Å².